The number of carbonyl (C=O) groups excluding carboxylic acids is 1. The average Bonchev–Trinajstić information content (AvgIpc) is 3.28. The molecule has 2 aromatic rings. The summed E-state index contributed by atoms with van der Waals surface area (Å²) >= 11 is 5.94. The highest BCUT2D eigenvalue weighted by atomic mass is 35.5. The molecule has 0 bridgehead atoms. The monoisotopic (exact) mass is 342 g/mol. The molecular weight excluding hydrogens is 328 g/mol. The fourth-order valence-electron chi connectivity index (χ4n) is 3.47. The Balaban J connectivity index is 1.69. The number of amides is 1. The molecule has 1 fully saturated rings. The van der Waals surface area contributed by atoms with Crippen LogP contribution in [0.25, 0.3) is 0 Å². The van der Waals surface area contributed by atoms with Crippen molar-refractivity contribution in [2.75, 3.05) is 11.4 Å². The number of benzene rings is 2. The molecule has 1 aliphatic heterocycles. The molecule has 122 valence electrons. The predicted octanol–water partition coefficient (Wildman–Crippen LogP) is 3.87. The van der Waals surface area contributed by atoms with Gasteiger partial charge in [-0.2, -0.15) is 0 Å². The lowest BCUT2D eigenvalue weighted by atomic mass is 9.94. The van der Waals surface area contributed by atoms with Crippen molar-refractivity contribution in [1.82, 2.24) is 0 Å². The van der Waals surface area contributed by atoms with Crippen LogP contribution in [0.15, 0.2) is 42.5 Å². The summed E-state index contributed by atoms with van der Waals surface area (Å²) in [6.07, 6.45) is 2.33. The molecule has 1 aliphatic carbocycles. The maximum atomic E-state index is 13.2. The maximum absolute atomic E-state index is 13.2. The number of fused-ring (bicyclic) bond motifs is 1. The fourth-order valence-corrected chi connectivity index (χ4v) is 3.60. The van der Waals surface area contributed by atoms with Gasteiger partial charge in [0.05, 0.1) is 16.0 Å². The lowest BCUT2D eigenvalue weighted by molar-refractivity contribution is -0.384. The van der Waals surface area contributed by atoms with Crippen LogP contribution in [0.3, 0.4) is 0 Å². The Kier molecular flexibility index (Phi) is 3.35. The minimum absolute atomic E-state index is 0.0183. The summed E-state index contributed by atoms with van der Waals surface area (Å²) in [6.45, 7) is 0.574. The van der Waals surface area contributed by atoms with E-state index in [0.717, 1.165) is 30.4 Å². The van der Waals surface area contributed by atoms with E-state index in [1.807, 2.05) is 12.1 Å². The number of anilines is 1. The second kappa shape index (κ2) is 5.31. The Morgan fingerprint density at radius 3 is 2.50 bits per heavy atom. The zero-order valence-electron chi connectivity index (χ0n) is 12.9. The molecule has 0 N–H and O–H groups in total. The molecule has 0 radical (unpaired) electrons. The summed E-state index contributed by atoms with van der Waals surface area (Å²) in [7, 11) is 0. The number of rotatable bonds is 3. The van der Waals surface area contributed by atoms with Crippen LogP contribution in [-0.2, 0) is 16.6 Å². The first-order valence-corrected chi connectivity index (χ1v) is 8.24. The summed E-state index contributed by atoms with van der Waals surface area (Å²) in [5.74, 6) is 0.0315. The van der Waals surface area contributed by atoms with Crippen molar-refractivity contribution in [3.63, 3.8) is 0 Å². The highest BCUT2D eigenvalue weighted by Crippen LogP contribution is 2.51. The molecule has 5 nitrogen and oxygen atoms in total. The molecule has 0 atom stereocenters. The van der Waals surface area contributed by atoms with Gasteiger partial charge in [0.2, 0.25) is 5.91 Å². The molecular formula is C18H15ClN2O3. The number of nitrogens with zero attached hydrogens (tertiary/aromatic N) is 2. The van der Waals surface area contributed by atoms with Gasteiger partial charge in [-0.25, -0.2) is 0 Å². The van der Waals surface area contributed by atoms with Crippen molar-refractivity contribution in [3.05, 3.63) is 68.7 Å². The highest BCUT2D eigenvalue weighted by molar-refractivity contribution is 6.30. The van der Waals surface area contributed by atoms with E-state index in [2.05, 4.69) is 0 Å². The minimum Gasteiger partial charge on any atom is -0.311 e. The van der Waals surface area contributed by atoms with Crippen LogP contribution in [-0.4, -0.2) is 17.4 Å². The molecule has 1 heterocycles. The lowest BCUT2D eigenvalue weighted by Crippen LogP contribution is -2.38. The normalized spacial score (nSPS) is 17.5. The van der Waals surface area contributed by atoms with E-state index in [0.29, 0.717) is 17.3 Å². The molecule has 6 heteroatoms. The fraction of sp³-hybridized carbons (Fsp3) is 0.278. The molecule has 0 spiro atoms. The highest BCUT2D eigenvalue weighted by Gasteiger charge is 2.53. The SMILES string of the molecule is O=C(N1CCc2ccc([N+](=O)[O-])cc21)C1(c2ccc(Cl)cc2)CC1. The largest absolute Gasteiger partial charge is 0.311 e. The third kappa shape index (κ3) is 2.27. The van der Waals surface area contributed by atoms with E-state index in [4.69, 9.17) is 11.6 Å². The van der Waals surface area contributed by atoms with Gasteiger partial charge in [-0.15, -0.1) is 0 Å². The minimum atomic E-state index is -0.503. The van der Waals surface area contributed by atoms with E-state index < -0.39 is 10.3 Å². The molecule has 24 heavy (non-hydrogen) atoms. The van der Waals surface area contributed by atoms with Crippen molar-refractivity contribution in [3.8, 4) is 0 Å². The number of hydrogen-bond donors (Lipinski definition) is 0. The zero-order chi connectivity index (χ0) is 16.9. The van der Waals surface area contributed by atoms with Crippen molar-refractivity contribution in [1.29, 1.82) is 0 Å². The summed E-state index contributed by atoms with van der Waals surface area (Å²) in [6, 6.07) is 12.2. The average molecular weight is 343 g/mol. The van der Waals surface area contributed by atoms with Crippen LogP contribution in [0.2, 0.25) is 5.02 Å². The summed E-state index contributed by atoms with van der Waals surface area (Å²) in [4.78, 5) is 25.5. The quantitative estimate of drug-likeness (QED) is 0.628. The number of halogens is 1. The van der Waals surface area contributed by atoms with Gasteiger partial charge < -0.3 is 4.90 Å². The van der Waals surface area contributed by atoms with E-state index >= 15 is 0 Å². The van der Waals surface area contributed by atoms with Gasteiger partial charge in [0.25, 0.3) is 5.69 Å². The van der Waals surface area contributed by atoms with Gasteiger partial charge in [0.15, 0.2) is 0 Å². The molecule has 1 saturated carbocycles. The Morgan fingerprint density at radius 1 is 1.17 bits per heavy atom. The molecule has 0 aromatic heterocycles. The number of non-ortho nitro benzene ring substituents is 1. The summed E-state index contributed by atoms with van der Waals surface area (Å²) in [5.41, 5.74) is 2.15. The molecule has 2 aromatic carbocycles. The topological polar surface area (TPSA) is 63.5 Å². The summed E-state index contributed by atoms with van der Waals surface area (Å²) < 4.78 is 0. The molecule has 0 unspecified atom stereocenters. The third-order valence-corrected chi connectivity index (χ3v) is 5.23. The predicted molar refractivity (Wildman–Crippen MR) is 91.5 cm³/mol. The Hall–Kier alpha value is -2.40. The number of nitro groups is 1. The Morgan fingerprint density at radius 2 is 1.88 bits per heavy atom. The van der Waals surface area contributed by atoms with Crippen LogP contribution in [0, 0.1) is 10.1 Å². The molecule has 2 aliphatic rings. The van der Waals surface area contributed by atoms with Crippen molar-refractivity contribution >= 4 is 28.9 Å². The van der Waals surface area contributed by atoms with Crippen molar-refractivity contribution in [2.24, 2.45) is 0 Å². The first-order valence-electron chi connectivity index (χ1n) is 7.87. The van der Waals surface area contributed by atoms with Crippen molar-refractivity contribution in [2.45, 2.75) is 24.7 Å². The smallest absolute Gasteiger partial charge is 0.271 e. The zero-order valence-corrected chi connectivity index (χ0v) is 13.6. The van der Waals surface area contributed by atoms with Crippen molar-refractivity contribution < 1.29 is 9.72 Å². The van der Waals surface area contributed by atoms with Gasteiger partial charge in [-0.3, -0.25) is 14.9 Å². The van der Waals surface area contributed by atoms with Crippen LogP contribution in [0.1, 0.15) is 24.0 Å². The van der Waals surface area contributed by atoms with Gasteiger partial charge >= 0.3 is 0 Å². The lowest BCUT2D eigenvalue weighted by Gasteiger charge is -2.24. The van der Waals surface area contributed by atoms with Crippen LogP contribution in [0.5, 0.6) is 0 Å². The van der Waals surface area contributed by atoms with Crippen LogP contribution >= 0.6 is 11.6 Å². The Labute approximate surface area is 144 Å². The summed E-state index contributed by atoms with van der Waals surface area (Å²) in [5, 5.41) is 11.7. The van der Waals surface area contributed by atoms with E-state index in [-0.39, 0.29) is 11.6 Å². The molecule has 0 saturated heterocycles. The standard InChI is InChI=1S/C18H15ClN2O3/c19-14-4-2-13(3-5-14)18(8-9-18)17(22)20-10-7-12-1-6-15(21(23)24)11-16(12)20/h1-6,11H,7-10H2. The third-order valence-electron chi connectivity index (χ3n) is 4.98. The van der Waals surface area contributed by atoms with E-state index in [1.54, 1.807) is 23.1 Å². The van der Waals surface area contributed by atoms with Crippen LogP contribution in [0.4, 0.5) is 11.4 Å². The number of hydrogen-bond acceptors (Lipinski definition) is 3. The van der Waals surface area contributed by atoms with Gasteiger partial charge in [-0.1, -0.05) is 29.8 Å². The van der Waals surface area contributed by atoms with Crippen LogP contribution < -0.4 is 4.90 Å². The first-order chi connectivity index (χ1) is 11.5. The van der Waals surface area contributed by atoms with E-state index in [1.165, 1.54) is 12.1 Å². The molecule has 1 amide bonds. The maximum Gasteiger partial charge on any atom is 0.271 e. The Bertz CT molecular complexity index is 844. The van der Waals surface area contributed by atoms with Gasteiger partial charge in [-0.05, 0) is 42.5 Å². The van der Waals surface area contributed by atoms with E-state index in [9.17, 15) is 14.9 Å². The second-order valence-corrected chi connectivity index (χ2v) is 6.80. The van der Waals surface area contributed by atoms with Gasteiger partial charge in [0.1, 0.15) is 0 Å². The second-order valence-electron chi connectivity index (χ2n) is 6.37. The van der Waals surface area contributed by atoms with Gasteiger partial charge in [0, 0.05) is 23.7 Å². The molecule has 4 rings (SSSR count). The first kappa shape index (κ1) is 15.1. The number of nitro benzene ring substituents is 1. The number of carbonyl (C=O) groups is 1.